The number of pyridine rings is 1. The van der Waals surface area contributed by atoms with E-state index in [2.05, 4.69) is 36.4 Å². The molecule has 0 saturated heterocycles. The van der Waals surface area contributed by atoms with Gasteiger partial charge in [0.05, 0.1) is 35.9 Å². The number of nitrogens with one attached hydrogen (secondary N) is 2. The van der Waals surface area contributed by atoms with Gasteiger partial charge in [0.25, 0.3) is 0 Å². The first-order valence-corrected chi connectivity index (χ1v) is 5.53. The number of hydrogen-bond acceptors (Lipinski definition) is 4. The van der Waals surface area contributed by atoms with E-state index in [1.165, 1.54) is 0 Å². The predicted molar refractivity (Wildman–Crippen MR) is 68.0 cm³/mol. The molecule has 90 valence electrons. The average molecular weight is 223 g/mol. The topological polar surface area (TPSA) is 46.2 Å². The van der Waals surface area contributed by atoms with Crippen molar-refractivity contribution in [2.24, 2.45) is 0 Å². The Kier molecular flexibility index (Phi) is 4.55. The first-order chi connectivity index (χ1) is 7.57. The van der Waals surface area contributed by atoms with Crippen LogP contribution in [0.25, 0.3) is 0 Å². The van der Waals surface area contributed by atoms with Crippen LogP contribution in [0.2, 0.25) is 0 Å². The number of rotatable bonds is 6. The van der Waals surface area contributed by atoms with Gasteiger partial charge in [0.1, 0.15) is 0 Å². The lowest BCUT2D eigenvalue weighted by Crippen LogP contribution is -2.35. The third-order valence-corrected chi connectivity index (χ3v) is 2.11. The van der Waals surface area contributed by atoms with Crippen LogP contribution in [-0.2, 0) is 4.74 Å². The molecule has 1 aromatic heterocycles. The van der Waals surface area contributed by atoms with Crippen LogP contribution in [0.3, 0.4) is 0 Å². The SMILES string of the molecule is CCNc1cncc(NC(C)(C)COC)c1. The minimum atomic E-state index is -0.0960. The molecule has 4 heteroatoms. The average Bonchev–Trinajstić information content (AvgIpc) is 2.17. The Morgan fingerprint density at radius 3 is 2.62 bits per heavy atom. The molecular formula is C12H21N3O. The third-order valence-electron chi connectivity index (χ3n) is 2.11. The summed E-state index contributed by atoms with van der Waals surface area (Å²) in [5.74, 6) is 0. The molecule has 1 aromatic rings. The van der Waals surface area contributed by atoms with Gasteiger partial charge in [-0.1, -0.05) is 0 Å². The Morgan fingerprint density at radius 1 is 1.31 bits per heavy atom. The van der Waals surface area contributed by atoms with E-state index in [9.17, 15) is 0 Å². The summed E-state index contributed by atoms with van der Waals surface area (Å²) in [6, 6.07) is 2.05. The van der Waals surface area contributed by atoms with Gasteiger partial charge in [0.2, 0.25) is 0 Å². The second-order valence-corrected chi connectivity index (χ2v) is 4.43. The Labute approximate surface area is 97.4 Å². The highest BCUT2D eigenvalue weighted by molar-refractivity contribution is 5.54. The molecule has 0 unspecified atom stereocenters. The van der Waals surface area contributed by atoms with Crippen molar-refractivity contribution in [3.05, 3.63) is 18.5 Å². The summed E-state index contributed by atoms with van der Waals surface area (Å²) in [5.41, 5.74) is 1.93. The van der Waals surface area contributed by atoms with Crippen LogP contribution < -0.4 is 10.6 Å². The number of aromatic nitrogens is 1. The van der Waals surface area contributed by atoms with Gasteiger partial charge in [0, 0.05) is 13.7 Å². The number of nitrogens with zero attached hydrogens (tertiary/aromatic N) is 1. The standard InChI is InChI=1S/C12H21N3O/c1-5-14-10-6-11(8-13-7-10)15-12(2,3)9-16-4/h6-8,14-15H,5,9H2,1-4H3. The van der Waals surface area contributed by atoms with Crippen molar-refractivity contribution in [1.29, 1.82) is 0 Å². The van der Waals surface area contributed by atoms with Crippen molar-refractivity contribution in [3.8, 4) is 0 Å². The molecule has 1 heterocycles. The maximum atomic E-state index is 5.16. The van der Waals surface area contributed by atoms with E-state index in [-0.39, 0.29) is 5.54 Å². The highest BCUT2D eigenvalue weighted by Crippen LogP contribution is 2.17. The molecule has 2 N–H and O–H groups in total. The van der Waals surface area contributed by atoms with Gasteiger partial charge in [-0.05, 0) is 26.8 Å². The highest BCUT2D eigenvalue weighted by atomic mass is 16.5. The molecule has 0 aromatic carbocycles. The first-order valence-electron chi connectivity index (χ1n) is 5.53. The normalized spacial score (nSPS) is 11.2. The Morgan fingerprint density at radius 2 is 2.00 bits per heavy atom. The van der Waals surface area contributed by atoms with E-state index >= 15 is 0 Å². The van der Waals surface area contributed by atoms with E-state index in [1.54, 1.807) is 7.11 Å². The van der Waals surface area contributed by atoms with Crippen LogP contribution in [0.1, 0.15) is 20.8 Å². The van der Waals surface area contributed by atoms with Gasteiger partial charge < -0.3 is 15.4 Å². The summed E-state index contributed by atoms with van der Waals surface area (Å²) in [6.45, 7) is 7.80. The molecule has 0 aliphatic heterocycles. The molecule has 0 aliphatic carbocycles. The lowest BCUT2D eigenvalue weighted by molar-refractivity contribution is 0.158. The van der Waals surface area contributed by atoms with Crippen molar-refractivity contribution in [3.63, 3.8) is 0 Å². The van der Waals surface area contributed by atoms with Gasteiger partial charge in [0.15, 0.2) is 0 Å². The molecule has 0 saturated carbocycles. The zero-order valence-corrected chi connectivity index (χ0v) is 10.5. The minimum absolute atomic E-state index is 0.0960. The molecular weight excluding hydrogens is 202 g/mol. The molecule has 0 amide bonds. The molecule has 0 fully saturated rings. The summed E-state index contributed by atoms with van der Waals surface area (Å²) >= 11 is 0. The van der Waals surface area contributed by atoms with Crippen molar-refractivity contribution in [2.45, 2.75) is 26.3 Å². The lowest BCUT2D eigenvalue weighted by atomic mass is 10.1. The van der Waals surface area contributed by atoms with Crippen molar-refractivity contribution >= 4 is 11.4 Å². The van der Waals surface area contributed by atoms with Crippen molar-refractivity contribution < 1.29 is 4.74 Å². The maximum Gasteiger partial charge on any atom is 0.0687 e. The molecule has 16 heavy (non-hydrogen) atoms. The van der Waals surface area contributed by atoms with Gasteiger partial charge in [-0.25, -0.2) is 0 Å². The minimum Gasteiger partial charge on any atom is -0.384 e. The van der Waals surface area contributed by atoms with Crippen LogP contribution in [0.5, 0.6) is 0 Å². The van der Waals surface area contributed by atoms with E-state index < -0.39 is 0 Å². The Hall–Kier alpha value is -1.29. The highest BCUT2D eigenvalue weighted by Gasteiger charge is 2.16. The zero-order chi connectivity index (χ0) is 12.0. The number of hydrogen-bond donors (Lipinski definition) is 2. The van der Waals surface area contributed by atoms with Crippen LogP contribution in [0, 0.1) is 0 Å². The largest absolute Gasteiger partial charge is 0.384 e. The fraction of sp³-hybridized carbons (Fsp3) is 0.583. The second kappa shape index (κ2) is 5.70. The molecule has 0 atom stereocenters. The van der Waals surface area contributed by atoms with E-state index in [1.807, 2.05) is 18.5 Å². The van der Waals surface area contributed by atoms with Gasteiger partial charge >= 0.3 is 0 Å². The predicted octanol–water partition coefficient (Wildman–Crippen LogP) is 2.35. The monoisotopic (exact) mass is 223 g/mol. The summed E-state index contributed by atoms with van der Waals surface area (Å²) in [6.07, 6.45) is 3.64. The second-order valence-electron chi connectivity index (χ2n) is 4.43. The Bertz CT molecular complexity index is 326. The van der Waals surface area contributed by atoms with Crippen molar-refractivity contribution in [1.82, 2.24) is 4.98 Å². The molecule has 0 aliphatic rings. The maximum absolute atomic E-state index is 5.16. The molecule has 4 nitrogen and oxygen atoms in total. The summed E-state index contributed by atoms with van der Waals surface area (Å²) in [7, 11) is 1.71. The molecule has 0 spiro atoms. The molecule has 0 bridgehead atoms. The van der Waals surface area contributed by atoms with Gasteiger partial charge in [-0.3, -0.25) is 4.98 Å². The fourth-order valence-electron chi connectivity index (χ4n) is 1.60. The zero-order valence-electron chi connectivity index (χ0n) is 10.5. The summed E-state index contributed by atoms with van der Waals surface area (Å²) < 4.78 is 5.16. The van der Waals surface area contributed by atoms with Crippen molar-refractivity contribution in [2.75, 3.05) is 30.9 Å². The van der Waals surface area contributed by atoms with E-state index in [0.29, 0.717) is 6.61 Å². The molecule has 0 radical (unpaired) electrons. The number of ether oxygens (including phenoxy) is 1. The number of anilines is 2. The van der Waals surface area contributed by atoms with Gasteiger partial charge in [-0.2, -0.15) is 0 Å². The van der Waals surface area contributed by atoms with Crippen LogP contribution in [0.4, 0.5) is 11.4 Å². The van der Waals surface area contributed by atoms with Gasteiger partial charge in [-0.15, -0.1) is 0 Å². The number of methoxy groups -OCH3 is 1. The summed E-state index contributed by atoms with van der Waals surface area (Å²) in [4.78, 5) is 4.18. The Balaban J connectivity index is 2.69. The first kappa shape index (κ1) is 12.8. The van der Waals surface area contributed by atoms with E-state index in [0.717, 1.165) is 17.9 Å². The lowest BCUT2D eigenvalue weighted by Gasteiger charge is -2.26. The van der Waals surface area contributed by atoms with E-state index in [4.69, 9.17) is 4.74 Å². The smallest absolute Gasteiger partial charge is 0.0687 e. The summed E-state index contributed by atoms with van der Waals surface area (Å²) in [5, 5.41) is 6.62. The molecule has 1 rings (SSSR count). The third kappa shape index (κ3) is 4.06. The quantitative estimate of drug-likeness (QED) is 0.777. The van der Waals surface area contributed by atoms with Crippen LogP contribution in [0.15, 0.2) is 18.5 Å². The van der Waals surface area contributed by atoms with Crippen LogP contribution in [-0.4, -0.2) is 30.8 Å². The van der Waals surface area contributed by atoms with Crippen LogP contribution >= 0.6 is 0 Å². The fourth-order valence-corrected chi connectivity index (χ4v) is 1.60.